The molecule has 9 heteroatoms. The van der Waals surface area contributed by atoms with Crippen LogP contribution in [-0.4, -0.2) is 42.5 Å². The van der Waals surface area contributed by atoms with Crippen molar-refractivity contribution in [3.63, 3.8) is 0 Å². The van der Waals surface area contributed by atoms with Crippen molar-refractivity contribution < 1.29 is 23.9 Å². The number of para-hydroxylation sites is 1. The minimum absolute atomic E-state index is 0.0640. The Morgan fingerprint density at radius 1 is 1.08 bits per heavy atom. The molecule has 0 spiro atoms. The molecule has 0 radical (unpaired) electrons. The van der Waals surface area contributed by atoms with Crippen molar-refractivity contribution in [3.8, 4) is 11.5 Å². The lowest BCUT2D eigenvalue weighted by molar-refractivity contribution is -0.123. The number of rotatable bonds is 10. The fraction of sp³-hybridized carbons (Fsp3) is 0.276. The number of anilines is 1. The van der Waals surface area contributed by atoms with E-state index in [1.807, 2.05) is 44.2 Å². The Morgan fingerprint density at radius 2 is 1.79 bits per heavy atom. The van der Waals surface area contributed by atoms with Crippen molar-refractivity contribution in [3.05, 3.63) is 88.9 Å². The summed E-state index contributed by atoms with van der Waals surface area (Å²) in [6.07, 6.45) is 0.141. The molecule has 2 atom stereocenters. The van der Waals surface area contributed by atoms with Gasteiger partial charge in [-0.25, -0.2) is 0 Å². The third-order valence-electron chi connectivity index (χ3n) is 6.07. The van der Waals surface area contributed by atoms with Crippen LogP contribution in [0.1, 0.15) is 36.2 Å². The molecular formula is C29H30ClN3O5. The normalized spacial score (nSPS) is 15.8. The lowest BCUT2D eigenvalue weighted by Crippen LogP contribution is -2.45. The van der Waals surface area contributed by atoms with Gasteiger partial charge in [0.05, 0.1) is 11.1 Å². The molecule has 8 nitrogen and oxygen atoms in total. The second-order valence-corrected chi connectivity index (χ2v) is 9.72. The molecule has 1 unspecified atom stereocenters. The number of hydrogen-bond acceptors (Lipinski definition) is 5. The van der Waals surface area contributed by atoms with Crippen LogP contribution in [0.5, 0.6) is 11.5 Å². The molecule has 0 saturated carbocycles. The first-order chi connectivity index (χ1) is 18.2. The number of carbonyl (C=O) groups excluding carboxylic acids is 3. The molecule has 3 N–H and O–H groups in total. The Labute approximate surface area is 226 Å². The smallest absolute Gasteiger partial charge is 0.268 e. The number of nitrogens with zero attached hydrogens (tertiary/aromatic N) is 1. The second kappa shape index (κ2) is 12.0. The molecule has 0 aromatic heterocycles. The monoisotopic (exact) mass is 535 g/mol. The van der Waals surface area contributed by atoms with Crippen molar-refractivity contribution in [2.45, 2.75) is 44.9 Å². The number of hydrogen-bond donors (Lipinski definition) is 2. The van der Waals surface area contributed by atoms with E-state index in [9.17, 15) is 14.4 Å². The molecule has 1 saturated heterocycles. The zero-order valence-electron chi connectivity index (χ0n) is 21.2. The molecule has 4 rings (SSSR count). The minimum atomic E-state index is -0.935. The van der Waals surface area contributed by atoms with Crippen LogP contribution in [0, 0.1) is 0 Å². The molecule has 3 amide bonds. The van der Waals surface area contributed by atoms with Crippen LogP contribution in [0.2, 0.25) is 5.02 Å². The number of halogens is 1. The Bertz CT molecular complexity index is 1300. The van der Waals surface area contributed by atoms with Crippen LogP contribution in [0.15, 0.2) is 72.8 Å². The molecule has 1 aliphatic rings. The molecule has 1 fully saturated rings. The standard InChI is InChI=1S/C29H30ClN3O5/c1-18(2)37-25-13-10-20(17-23(25)30)28(35)32-24(27(31)34)16-19-8-11-22(12-9-19)38-26-14-15-33(29(26)36)21-6-4-3-5-7-21/h3-13,17-18,24,26H,14-16H2,1-2H3,(H2,31,34)(H,32,35)/t24-,26?/m0/s1. The number of nitrogens with one attached hydrogen (secondary N) is 1. The van der Waals surface area contributed by atoms with Crippen LogP contribution in [0.25, 0.3) is 0 Å². The lowest BCUT2D eigenvalue weighted by atomic mass is 10.0. The van der Waals surface area contributed by atoms with Crippen LogP contribution in [0.3, 0.4) is 0 Å². The van der Waals surface area contributed by atoms with E-state index < -0.39 is 24.0 Å². The summed E-state index contributed by atoms with van der Waals surface area (Å²) >= 11 is 6.24. The van der Waals surface area contributed by atoms with Crippen LogP contribution in [-0.2, 0) is 16.0 Å². The highest BCUT2D eigenvalue weighted by Crippen LogP contribution is 2.27. The molecule has 198 valence electrons. The largest absolute Gasteiger partial charge is 0.489 e. The van der Waals surface area contributed by atoms with Crippen LogP contribution in [0.4, 0.5) is 5.69 Å². The lowest BCUT2D eigenvalue weighted by Gasteiger charge is -2.18. The van der Waals surface area contributed by atoms with Gasteiger partial charge in [-0.15, -0.1) is 0 Å². The maximum Gasteiger partial charge on any atom is 0.268 e. The maximum atomic E-state index is 12.8. The predicted molar refractivity (Wildman–Crippen MR) is 146 cm³/mol. The second-order valence-electron chi connectivity index (χ2n) is 9.31. The summed E-state index contributed by atoms with van der Waals surface area (Å²) in [4.78, 5) is 39.4. The van der Waals surface area contributed by atoms with Crippen molar-refractivity contribution in [2.75, 3.05) is 11.4 Å². The summed E-state index contributed by atoms with van der Waals surface area (Å²) in [6.45, 7) is 4.34. The predicted octanol–water partition coefficient (Wildman–Crippen LogP) is 4.14. The van der Waals surface area contributed by atoms with Gasteiger partial charge in [0.25, 0.3) is 11.8 Å². The van der Waals surface area contributed by atoms with Gasteiger partial charge in [-0.3, -0.25) is 14.4 Å². The van der Waals surface area contributed by atoms with Gasteiger partial charge in [0, 0.05) is 30.6 Å². The van der Waals surface area contributed by atoms with E-state index in [4.69, 9.17) is 26.8 Å². The highest BCUT2D eigenvalue weighted by molar-refractivity contribution is 6.32. The van der Waals surface area contributed by atoms with Gasteiger partial charge in [0.1, 0.15) is 17.5 Å². The molecule has 1 aliphatic heterocycles. The Morgan fingerprint density at radius 3 is 2.42 bits per heavy atom. The van der Waals surface area contributed by atoms with Crippen molar-refractivity contribution in [2.24, 2.45) is 5.73 Å². The first-order valence-electron chi connectivity index (χ1n) is 12.4. The van der Waals surface area contributed by atoms with E-state index in [0.717, 1.165) is 11.3 Å². The quantitative estimate of drug-likeness (QED) is 0.405. The van der Waals surface area contributed by atoms with E-state index in [0.29, 0.717) is 29.5 Å². The van der Waals surface area contributed by atoms with E-state index in [2.05, 4.69) is 5.32 Å². The summed E-state index contributed by atoms with van der Waals surface area (Å²) in [5, 5.41) is 2.97. The summed E-state index contributed by atoms with van der Waals surface area (Å²) in [5.74, 6) is -0.212. The summed E-state index contributed by atoms with van der Waals surface area (Å²) in [5.41, 5.74) is 7.47. The van der Waals surface area contributed by atoms with E-state index in [1.54, 1.807) is 41.3 Å². The minimum Gasteiger partial charge on any atom is -0.489 e. The molecule has 0 bridgehead atoms. The van der Waals surface area contributed by atoms with Gasteiger partial charge in [-0.05, 0) is 61.9 Å². The van der Waals surface area contributed by atoms with Gasteiger partial charge in [0.15, 0.2) is 6.10 Å². The van der Waals surface area contributed by atoms with Gasteiger partial charge in [-0.1, -0.05) is 41.9 Å². The molecule has 0 aliphatic carbocycles. The number of ether oxygens (including phenoxy) is 2. The van der Waals surface area contributed by atoms with E-state index in [-0.39, 0.29) is 24.0 Å². The first kappa shape index (κ1) is 27.0. The SMILES string of the molecule is CC(C)Oc1ccc(C(=O)N[C@@H](Cc2ccc(OC3CCN(c4ccccc4)C3=O)cc2)C(N)=O)cc1Cl. The number of primary amides is 1. The van der Waals surface area contributed by atoms with Gasteiger partial charge < -0.3 is 25.4 Å². The number of amides is 3. The van der Waals surface area contributed by atoms with Crippen molar-refractivity contribution in [1.29, 1.82) is 0 Å². The third-order valence-corrected chi connectivity index (χ3v) is 6.37. The molecule has 38 heavy (non-hydrogen) atoms. The number of nitrogens with two attached hydrogens (primary N) is 1. The van der Waals surface area contributed by atoms with E-state index in [1.165, 1.54) is 6.07 Å². The van der Waals surface area contributed by atoms with Gasteiger partial charge in [0.2, 0.25) is 5.91 Å². The van der Waals surface area contributed by atoms with E-state index >= 15 is 0 Å². The highest BCUT2D eigenvalue weighted by atomic mass is 35.5. The van der Waals surface area contributed by atoms with Crippen LogP contribution < -0.4 is 25.4 Å². The molecular weight excluding hydrogens is 506 g/mol. The summed E-state index contributed by atoms with van der Waals surface area (Å²) < 4.78 is 11.5. The fourth-order valence-electron chi connectivity index (χ4n) is 4.19. The number of benzene rings is 3. The van der Waals surface area contributed by atoms with Crippen molar-refractivity contribution in [1.82, 2.24) is 5.32 Å². The van der Waals surface area contributed by atoms with Gasteiger partial charge in [-0.2, -0.15) is 0 Å². The molecule has 3 aromatic rings. The molecule has 1 heterocycles. The maximum absolute atomic E-state index is 12.8. The highest BCUT2D eigenvalue weighted by Gasteiger charge is 2.34. The first-order valence-corrected chi connectivity index (χ1v) is 12.8. The molecule has 3 aromatic carbocycles. The fourth-order valence-corrected chi connectivity index (χ4v) is 4.41. The Kier molecular flexibility index (Phi) is 8.53. The summed E-state index contributed by atoms with van der Waals surface area (Å²) in [7, 11) is 0. The van der Waals surface area contributed by atoms with Crippen LogP contribution >= 0.6 is 11.6 Å². The topological polar surface area (TPSA) is 111 Å². The third kappa shape index (κ3) is 6.63. The summed E-state index contributed by atoms with van der Waals surface area (Å²) in [6, 6.07) is 20.3. The average molecular weight is 536 g/mol. The van der Waals surface area contributed by atoms with Gasteiger partial charge >= 0.3 is 0 Å². The zero-order valence-corrected chi connectivity index (χ0v) is 22.0. The Hall–Kier alpha value is -4.04. The van der Waals surface area contributed by atoms with Crippen molar-refractivity contribution >= 4 is 35.0 Å². The number of carbonyl (C=O) groups is 3. The Balaban J connectivity index is 1.35. The average Bonchev–Trinajstić information content (AvgIpc) is 3.25. The zero-order chi connectivity index (χ0) is 27.2.